The zero-order valence-corrected chi connectivity index (χ0v) is 11.3. The maximum Gasteiger partial charge on any atom is 0.287 e. The van der Waals surface area contributed by atoms with Crippen LogP contribution >= 0.6 is 15.9 Å². The third-order valence-electron chi connectivity index (χ3n) is 3.15. The van der Waals surface area contributed by atoms with E-state index in [1.165, 1.54) is 12.3 Å². The van der Waals surface area contributed by atoms with Crippen LogP contribution in [0.2, 0.25) is 0 Å². The summed E-state index contributed by atoms with van der Waals surface area (Å²) >= 11 is 3.56. The minimum Gasteiger partial charge on any atom is -0.351 e. The number of nitrogens with one attached hydrogen (secondary N) is 2. The number of halogens is 1. The highest BCUT2D eigenvalue weighted by atomic mass is 79.9. The second-order valence-corrected chi connectivity index (χ2v) is 5.81. The lowest BCUT2D eigenvalue weighted by molar-refractivity contribution is -0.384. The standard InChI is InChI=1S/C11H14BrN3O3/c12-8-2-1-7(3-8)5-14-11(16)10-4-9(6-13-10)15(17)18/h4,6-8,13H,1-3,5H2,(H,14,16). The van der Waals surface area contributed by atoms with Crippen LogP contribution < -0.4 is 5.32 Å². The van der Waals surface area contributed by atoms with E-state index >= 15 is 0 Å². The van der Waals surface area contributed by atoms with Crippen molar-refractivity contribution in [1.82, 2.24) is 10.3 Å². The summed E-state index contributed by atoms with van der Waals surface area (Å²) in [4.78, 5) is 24.9. The topological polar surface area (TPSA) is 88.0 Å². The number of rotatable bonds is 4. The van der Waals surface area contributed by atoms with Crippen LogP contribution in [0.5, 0.6) is 0 Å². The summed E-state index contributed by atoms with van der Waals surface area (Å²) in [5, 5.41) is 13.3. The van der Waals surface area contributed by atoms with Crippen molar-refractivity contribution in [3.8, 4) is 0 Å². The monoisotopic (exact) mass is 315 g/mol. The molecular formula is C11H14BrN3O3. The fourth-order valence-corrected chi connectivity index (χ4v) is 2.94. The predicted molar refractivity (Wildman–Crippen MR) is 69.8 cm³/mol. The van der Waals surface area contributed by atoms with Crippen LogP contribution in [0.3, 0.4) is 0 Å². The van der Waals surface area contributed by atoms with Gasteiger partial charge in [-0.2, -0.15) is 0 Å². The molecule has 18 heavy (non-hydrogen) atoms. The first-order valence-corrected chi connectivity index (χ1v) is 6.73. The van der Waals surface area contributed by atoms with Crippen LogP contribution in [-0.4, -0.2) is 27.2 Å². The van der Waals surface area contributed by atoms with Crippen molar-refractivity contribution >= 4 is 27.5 Å². The van der Waals surface area contributed by atoms with Crippen molar-refractivity contribution in [2.45, 2.75) is 24.1 Å². The van der Waals surface area contributed by atoms with E-state index < -0.39 is 4.92 Å². The first kappa shape index (κ1) is 13.1. The molecule has 1 fully saturated rings. The average Bonchev–Trinajstić information content (AvgIpc) is 2.94. The van der Waals surface area contributed by atoms with E-state index in [1.807, 2.05) is 0 Å². The van der Waals surface area contributed by atoms with Crippen molar-refractivity contribution < 1.29 is 9.72 Å². The van der Waals surface area contributed by atoms with Gasteiger partial charge in [0.15, 0.2) is 0 Å². The molecule has 1 aliphatic rings. The van der Waals surface area contributed by atoms with E-state index in [1.54, 1.807) is 0 Å². The maximum atomic E-state index is 11.7. The van der Waals surface area contributed by atoms with E-state index in [0.717, 1.165) is 19.3 Å². The fourth-order valence-electron chi connectivity index (χ4n) is 2.15. The van der Waals surface area contributed by atoms with Crippen molar-refractivity contribution in [3.05, 3.63) is 28.1 Å². The molecule has 1 amide bonds. The summed E-state index contributed by atoms with van der Waals surface area (Å²) in [6.07, 6.45) is 4.51. The zero-order valence-electron chi connectivity index (χ0n) is 9.69. The van der Waals surface area contributed by atoms with Gasteiger partial charge in [-0.15, -0.1) is 0 Å². The molecule has 0 spiro atoms. The van der Waals surface area contributed by atoms with Crippen molar-refractivity contribution in [2.75, 3.05) is 6.54 Å². The van der Waals surface area contributed by atoms with Crippen LogP contribution in [0, 0.1) is 16.0 Å². The molecule has 98 valence electrons. The Bertz CT molecular complexity index is 460. The van der Waals surface area contributed by atoms with Crippen LogP contribution in [0.15, 0.2) is 12.3 Å². The van der Waals surface area contributed by atoms with Gasteiger partial charge in [-0.3, -0.25) is 14.9 Å². The Morgan fingerprint density at radius 2 is 2.39 bits per heavy atom. The van der Waals surface area contributed by atoms with Gasteiger partial charge in [-0.1, -0.05) is 15.9 Å². The molecule has 0 bridgehead atoms. The highest BCUT2D eigenvalue weighted by Crippen LogP contribution is 2.30. The lowest BCUT2D eigenvalue weighted by Crippen LogP contribution is -2.28. The summed E-state index contributed by atoms with van der Waals surface area (Å²) in [6, 6.07) is 1.25. The minimum atomic E-state index is -0.528. The minimum absolute atomic E-state index is 0.0958. The first-order chi connectivity index (χ1) is 8.56. The normalized spacial score (nSPS) is 22.9. The number of nitrogens with zero attached hydrogens (tertiary/aromatic N) is 1. The quantitative estimate of drug-likeness (QED) is 0.507. The number of carbonyl (C=O) groups excluding carboxylic acids is 1. The van der Waals surface area contributed by atoms with Crippen LogP contribution in [-0.2, 0) is 0 Å². The molecule has 0 radical (unpaired) electrons. The molecule has 0 saturated heterocycles. The number of aromatic amines is 1. The number of aromatic nitrogens is 1. The Morgan fingerprint density at radius 3 is 2.94 bits per heavy atom. The van der Waals surface area contributed by atoms with E-state index in [0.29, 0.717) is 17.3 Å². The van der Waals surface area contributed by atoms with Gasteiger partial charge >= 0.3 is 0 Å². The SMILES string of the molecule is O=C(NCC1CCC(Br)C1)c1cc([N+](=O)[O-])c[nH]1. The third kappa shape index (κ3) is 3.10. The van der Waals surface area contributed by atoms with Crippen LogP contribution in [0.1, 0.15) is 29.8 Å². The second-order valence-electron chi connectivity index (χ2n) is 4.52. The number of alkyl halides is 1. The molecule has 7 heteroatoms. The molecule has 2 rings (SSSR count). The molecule has 0 aliphatic heterocycles. The van der Waals surface area contributed by atoms with Crippen molar-refractivity contribution in [2.24, 2.45) is 5.92 Å². The number of nitro groups is 1. The lowest BCUT2D eigenvalue weighted by atomic mass is 10.1. The highest BCUT2D eigenvalue weighted by Gasteiger charge is 2.23. The van der Waals surface area contributed by atoms with Crippen molar-refractivity contribution in [3.63, 3.8) is 0 Å². The predicted octanol–water partition coefficient (Wildman–Crippen LogP) is 2.22. The molecule has 6 nitrogen and oxygen atoms in total. The molecule has 2 unspecified atom stereocenters. The molecular weight excluding hydrogens is 302 g/mol. The number of H-pyrrole nitrogens is 1. The van der Waals surface area contributed by atoms with E-state index in [4.69, 9.17) is 0 Å². The van der Waals surface area contributed by atoms with Gasteiger partial charge in [0.1, 0.15) is 5.69 Å². The first-order valence-electron chi connectivity index (χ1n) is 5.81. The largest absolute Gasteiger partial charge is 0.351 e. The van der Waals surface area contributed by atoms with E-state index in [2.05, 4.69) is 26.2 Å². The Balaban J connectivity index is 1.85. The molecule has 1 saturated carbocycles. The fraction of sp³-hybridized carbons (Fsp3) is 0.545. The van der Waals surface area contributed by atoms with Crippen LogP contribution in [0.25, 0.3) is 0 Å². The summed E-state index contributed by atoms with van der Waals surface area (Å²) in [7, 11) is 0. The van der Waals surface area contributed by atoms with Gasteiger partial charge in [0.25, 0.3) is 11.6 Å². The zero-order chi connectivity index (χ0) is 13.1. The summed E-state index contributed by atoms with van der Waals surface area (Å²) in [5.41, 5.74) is 0.136. The Hall–Kier alpha value is -1.37. The summed E-state index contributed by atoms with van der Waals surface area (Å²) < 4.78 is 0. The molecule has 0 aromatic carbocycles. The van der Waals surface area contributed by atoms with Gasteiger partial charge < -0.3 is 10.3 Å². The van der Waals surface area contributed by atoms with E-state index in [9.17, 15) is 14.9 Å². The summed E-state index contributed by atoms with van der Waals surface area (Å²) in [5.74, 6) is 0.199. The van der Waals surface area contributed by atoms with Gasteiger partial charge in [0.2, 0.25) is 0 Å². The molecule has 1 heterocycles. The Kier molecular flexibility index (Phi) is 4.00. The third-order valence-corrected chi connectivity index (χ3v) is 3.98. The lowest BCUT2D eigenvalue weighted by Gasteiger charge is -2.09. The Morgan fingerprint density at radius 1 is 1.61 bits per heavy atom. The smallest absolute Gasteiger partial charge is 0.287 e. The average molecular weight is 316 g/mol. The van der Waals surface area contributed by atoms with Gasteiger partial charge in [-0.05, 0) is 25.2 Å². The molecule has 1 aliphatic carbocycles. The molecule has 2 N–H and O–H groups in total. The summed E-state index contributed by atoms with van der Waals surface area (Å²) in [6.45, 7) is 0.619. The van der Waals surface area contributed by atoms with Gasteiger partial charge in [-0.25, -0.2) is 0 Å². The number of hydrogen-bond donors (Lipinski definition) is 2. The maximum absolute atomic E-state index is 11.7. The van der Waals surface area contributed by atoms with Crippen molar-refractivity contribution in [1.29, 1.82) is 0 Å². The molecule has 2 atom stereocenters. The number of carbonyl (C=O) groups is 1. The molecule has 1 aromatic heterocycles. The number of amides is 1. The van der Waals surface area contributed by atoms with Gasteiger partial charge in [0, 0.05) is 17.4 Å². The van der Waals surface area contributed by atoms with Crippen LogP contribution in [0.4, 0.5) is 5.69 Å². The highest BCUT2D eigenvalue weighted by molar-refractivity contribution is 9.09. The second kappa shape index (κ2) is 5.51. The van der Waals surface area contributed by atoms with Gasteiger partial charge in [0.05, 0.1) is 11.1 Å². The Labute approximate surface area is 112 Å². The molecule has 1 aromatic rings. The van der Waals surface area contributed by atoms with E-state index in [-0.39, 0.29) is 17.3 Å². The number of hydrogen-bond acceptors (Lipinski definition) is 3.